The van der Waals surface area contributed by atoms with Gasteiger partial charge in [0.15, 0.2) is 0 Å². The number of carbonyl (C=O) groups excluding carboxylic acids is 1. The molecule has 0 aliphatic heterocycles. The number of anilines is 1. The first-order valence-corrected chi connectivity index (χ1v) is 6.37. The molecule has 0 radical (unpaired) electrons. The second-order valence-electron chi connectivity index (χ2n) is 4.36. The Kier molecular flexibility index (Phi) is 5.65. The van der Waals surface area contributed by atoms with Gasteiger partial charge in [-0.2, -0.15) is 0 Å². The van der Waals surface area contributed by atoms with E-state index in [2.05, 4.69) is 5.32 Å². The Morgan fingerprint density at radius 2 is 2.17 bits per heavy atom. The van der Waals surface area contributed by atoms with Crippen molar-refractivity contribution in [1.29, 1.82) is 0 Å². The Bertz CT molecular complexity index is 393. The fourth-order valence-corrected chi connectivity index (χ4v) is 1.57. The number of amides is 1. The van der Waals surface area contributed by atoms with Gasteiger partial charge in [-0.05, 0) is 25.0 Å². The fraction of sp³-hybridized carbons (Fsp3) is 0.500. The molecular weight excluding hydrogens is 228 g/mol. The number of hydrogen-bond donors (Lipinski definition) is 2. The molecule has 4 nitrogen and oxygen atoms in total. The van der Waals surface area contributed by atoms with Gasteiger partial charge in [-0.3, -0.25) is 4.79 Å². The van der Waals surface area contributed by atoms with Crippen LogP contribution in [-0.2, 0) is 4.79 Å². The maximum Gasteiger partial charge on any atom is 0.241 e. The van der Waals surface area contributed by atoms with Crippen LogP contribution in [0.5, 0.6) is 5.75 Å². The summed E-state index contributed by atoms with van der Waals surface area (Å²) in [5.41, 5.74) is 6.59. The van der Waals surface area contributed by atoms with Crippen LogP contribution in [0.4, 0.5) is 5.69 Å². The molecule has 3 N–H and O–H groups in total. The molecule has 2 unspecified atom stereocenters. The normalized spacial score (nSPS) is 13.8. The average molecular weight is 250 g/mol. The van der Waals surface area contributed by atoms with Crippen molar-refractivity contribution in [1.82, 2.24) is 0 Å². The van der Waals surface area contributed by atoms with Gasteiger partial charge in [0.05, 0.1) is 12.6 Å². The SMILES string of the molecule is CCOc1cccc(NC(=O)C(N)C(C)CC)c1. The molecule has 0 saturated carbocycles. The van der Waals surface area contributed by atoms with Gasteiger partial charge in [0.25, 0.3) is 0 Å². The second-order valence-corrected chi connectivity index (χ2v) is 4.36. The lowest BCUT2D eigenvalue weighted by molar-refractivity contribution is -0.118. The monoisotopic (exact) mass is 250 g/mol. The third kappa shape index (κ3) is 4.04. The summed E-state index contributed by atoms with van der Waals surface area (Å²) in [7, 11) is 0. The number of rotatable bonds is 6. The first-order valence-electron chi connectivity index (χ1n) is 6.37. The van der Waals surface area contributed by atoms with E-state index in [-0.39, 0.29) is 11.8 Å². The van der Waals surface area contributed by atoms with Crippen LogP contribution in [0.2, 0.25) is 0 Å². The molecule has 1 rings (SSSR count). The largest absolute Gasteiger partial charge is 0.494 e. The van der Waals surface area contributed by atoms with Gasteiger partial charge in [0, 0.05) is 11.8 Å². The van der Waals surface area contributed by atoms with Crippen molar-refractivity contribution in [3.05, 3.63) is 24.3 Å². The zero-order chi connectivity index (χ0) is 13.5. The Balaban J connectivity index is 2.66. The van der Waals surface area contributed by atoms with Gasteiger partial charge in [-0.25, -0.2) is 0 Å². The molecule has 0 bridgehead atoms. The van der Waals surface area contributed by atoms with Crippen LogP contribution in [0.1, 0.15) is 27.2 Å². The smallest absolute Gasteiger partial charge is 0.241 e. The molecule has 4 heteroatoms. The highest BCUT2D eigenvalue weighted by molar-refractivity contribution is 5.95. The molecule has 1 aromatic carbocycles. The number of benzene rings is 1. The lowest BCUT2D eigenvalue weighted by Crippen LogP contribution is -2.40. The molecule has 0 aliphatic carbocycles. The summed E-state index contributed by atoms with van der Waals surface area (Å²) in [6, 6.07) is 6.84. The number of ether oxygens (including phenoxy) is 1. The third-order valence-corrected chi connectivity index (χ3v) is 2.97. The van der Waals surface area contributed by atoms with Crippen LogP contribution < -0.4 is 15.8 Å². The van der Waals surface area contributed by atoms with Gasteiger partial charge in [-0.15, -0.1) is 0 Å². The molecular formula is C14H22N2O2. The number of nitrogens with one attached hydrogen (secondary N) is 1. The van der Waals surface area contributed by atoms with E-state index in [1.165, 1.54) is 0 Å². The zero-order valence-electron chi connectivity index (χ0n) is 11.3. The lowest BCUT2D eigenvalue weighted by Gasteiger charge is -2.18. The summed E-state index contributed by atoms with van der Waals surface area (Å²) in [5.74, 6) is 0.755. The standard InChI is InChI=1S/C14H22N2O2/c1-4-10(3)13(15)14(17)16-11-7-6-8-12(9-11)18-5-2/h6-10,13H,4-5,15H2,1-3H3,(H,16,17). The highest BCUT2D eigenvalue weighted by Gasteiger charge is 2.19. The highest BCUT2D eigenvalue weighted by Crippen LogP contribution is 2.18. The predicted molar refractivity (Wildman–Crippen MR) is 73.7 cm³/mol. The molecule has 0 aromatic heterocycles. The van der Waals surface area contributed by atoms with Gasteiger partial charge in [-0.1, -0.05) is 26.3 Å². The van der Waals surface area contributed by atoms with Crippen LogP contribution in [-0.4, -0.2) is 18.6 Å². The molecule has 2 atom stereocenters. The van der Waals surface area contributed by atoms with Crippen molar-refractivity contribution in [3.63, 3.8) is 0 Å². The highest BCUT2D eigenvalue weighted by atomic mass is 16.5. The molecule has 0 fully saturated rings. The molecule has 0 aliphatic rings. The van der Waals surface area contributed by atoms with Crippen molar-refractivity contribution in [3.8, 4) is 5.75 Å². The Morgan fingerprint density at radius 1 is 1.44 bits per heavy atom. The number of hydrogen-bond acceptors (Lipinski definition) is 3. The van der Waals surface area contributed by atoms with Crippen molar-refractivity contribution >= 4 is 11.6 Å². The summed E-state index contributed by atoms with van der Waals surface area (Å²) in [4.78, 5) is 11.9. The third-order valence-electron chi connectivity index (χ3n) is 2.97. The predicted octanol–water partition coefficient (Wildman–Crippen LogP) is 2.40. The van der Waals surface area contributed by atoms with E-state index in [0.717, 1.165) is 12.2 Å². The average Bonchev–Trinajstić information content (AvgIpc) is 2.37. The van der Waals surface area contributed by atoms with E-state index in [0.29, 0.717) is 12.3 Å². The minimum absolute atomic E-state index is 0.155. The summed E-state index contributed by atoms with van der Waals surface area (Å²) < 4.78 is 5.37. The quantitative estimate of drug-likeness (QED) is 0.814. The van der Waals surface area contributed by atoms with E-state index < -0.39 is 6.04 Å². The van der Waals surface area contributed by atoms with Crippen LogP contribution in [0.3, 0.4) is 0 Å². The Hall–Kier alpha value is -1.55. The summed E-state index contributed by atoms with van der Waals surface area (Å²) in [6.07, 6.45) is 0.883. The maximum atomic E-state index is 11.9. The molecule has 1 amide bonds. The molecule has 0 heterocycles. The zero-order valence-corrected chi connectivity index (χ0v) is 11.3. The van der Waals surface area contributed by atoms with Crippen LogP contribution >= 0.6 is 0 Å². The molecule has 18 heavy (non-hydrogen) atoms. The van der Waals surface area contributed by atoms with Gasteiger partial charge in [0.2, 0.25) is 5.91 Å². The molecule has 0 spiro atoms. The minimum atomic E-state index is -0.481. The maximum absolute atomic E-state index is 11.9. The van der Waals surface area contributed by atoms with Gasteiger partial charge in [0.1, 0.15) is 5.75 Å². The van der Waals surface area contributed by atoms with Crippen molar-refractivity contribution < 1.29 is 9.53 Å². The van der Waals surface area contributed by atoms with E-state index in [9.17, 15) is 4.79 Å². The second kappa shape index (κ2) is 7.01. The van der Waals surface area contributed by atoms with Crippen LogP contribution in [0.15, 0.2) is 24.3 Å². The lowest BCUT2D eigenvalue weighted by atomic mass is 9.99. The first-order chi connectivity index (χ1) is 8.58. The Labute approximate surface area is 109 Å². The first kappa shape index (κ1) is 14.5. The van der Waals surface area contributed by atoms with E-state index in [4.69, 9.17) is 10.5 Å². The molecule has 1 aromatic rings. The Morgan fingerprint density at radius 3 is 2.78 bits per heavy atom. The minimum Gasteiger partial charge on any atom is -0.494 e. The number of carbonyl (C=O) groups is 1. The van der Waals surface area contributed by atoms with Crippen molar-refractivity contribution in [2.24, 2.45) is 11.7 Å². The summed E-state index contributed by atoms with van der Waals surface area (Å²) in [5, 5.41) is 2.81. The topological polar surface area (TPSA) is 64.3 Å². The summed E-state index contributed by atoms with van der Waals surface area (Å²) in [6.45, 7) is 6.52. The van der Waals surface area contributed by atoms with Crippen molar-refractivity contribution in [2.75, 3.05) is 11.9 Å². The molecule has 100 valence electrons. The summed E-state index contributed by atoms with van der Waals surface area (Å²) >= 11 is 0. The van der Waals surface area contributed by atoms with Gasteiger partial charge >= 0.3 is 0 Å². The molecule has 0 saturated heterocycles. The van der Waals surface area contributed by atoms with E-state index in [1.54, 1.807) is 6.07 Å². The number of nitrogens with two attached hydrogens (primary N) is 1. The fourth-order valence-electron chi connectivity index (χ4n) is 1.57. The van der Waals surface area contributed by atoms with Crippen LogP contribution in [0.25, 0.3) is 0 Å². The van der Waals surface area contributed by atoms with Gasteiger partial charge < -0.3 is 15.8 Å². The van der Waals surface area contributed by atoms with Crippen LogP contribution in [0, 0.1) is 5.92 Å². The van der Waals surface area contributed by atoms with E-state index >= 15 is 0 Å². The van der Waals surface area contributed by atoms with Crippen molar-refractivity contribution in [2.45, 2.75) is 33.2 Å². The van der Waals surface area contributed by atoms with E-state index in [1.807, 2.05) is 39.0 Å².